The number of rotatable bonds is 1. The van der Waals surface area contributed by atoms with Gasteiger partial charge in [0.25, 0.3) is 0 Å². The summed E-state index contributed by atoms with van der Waals surface area (Å²) in [6, 6.07) is 6.42. The summed E-state index contributed by atoms with van der Waals surface area (Å²) >= 11 is 0. The van der Waals surface area contributed by atoms with E-state index in [1.807, 2.05) is 0 Å². The Morgan fingerprint density at radius 1 is 1.33 bits per heavy atom. The molecule has 1 aliphatic rings. The number of benzene rings is 1. The molecule has 0 aliphatic carbocycles. The van der Waals surface area contributed by atoms with Crippen LogP contribution in [-0.4, -0.2) is 0 Å². The Balaban J connectivity index is 2.49. The summed E-state index contributed by atoms with van der Waals surface area (Å²) in [5.41, 5.74) is 10.4. The Bertz CT molecular complexity index is 292. The van der Waals surface area contributed by atoms with Crippen molar-refractivity contribution in [1.82, 2.24) is 5.43 Å². The molecule has 0 unspecified atom stereocenters. The summed E-state index contributed by atoms with van der Waals surface area (Å²) < 4.78 is 0. The Morgan fingerprint density at radius 2 is 2.17 bits per heavy atom. The minimum atomic E-state index is 0.613. The minimum absolute atomic E-state index is 0.613. The zero-order valence-corrected chi connectivity index (χ0v) is 7.52. The fraction of sp³-hybridized carbons (Fsp3) is 0.400. The fourth-order valence-corrected chi connectivity index (χ4v) is 1.69. The molecule has 12 heavy (non-hydrogen) atoms. The van der Waals surface area contributed by atoms with Crippen molar-refractivity contribution in [2.45, 2.75) is 26.3 Å². The normalized spacial score (nSPS) is 14.6. The number of hydrogen-bond donors (Lipinski definition) is 2. The van der Waals surface area contributed by atoms with Gasteiger partial charge in [-0.2, -0.15) is 0 Å². The molecule has 0 amide bonds. The van der Waals surface area contributed by atoms with Crippen LogP contribution in [0.3, 0.4) is 0 Å². The summed E-state index contributed by atoms with van der Waals surface area (Å²) in [6.07, 6.45) is 0. The van der Waals surface area contributed by atoms with E-state index in [9.17, 15) is 0 Å². The molecule has 1 aromatic carbocycles. The zero-order chi connectivity index (χ0) is 8.55. The van der Waals surface area contributed by atoms with Crippen LogP contribution in [0.4, 0.5) is 5.69 Å². The average molecular weight is 162 g/mol. The molecule has 2 rings (SSSR count). The van der Waals surface area contributed by atoms with Crippen molar-refractivity contribution < 1.29 is 0 Å². The van der Waals surface area contributed by atoms with Gasteiger partial charge in [0, 0.05) is 6.54 Å². The summed E-state index contributed by atoms with van der Waals surface area (Å²) in [4.78, 5) is 0. The maximum atomic E-state index is 3.15. The molecule has 2 heteroatoms. The van der Waals surface area contributed by atoms with Crippen LogP contribution in [0.15, 0.2) is 18.2 Å². The molecular formula is C10H14N2. The lowest BCUT2D eigenvalue weighted by Gasteiger charge is -2.09. The largest absolute Gasteiger partial charge is 0.321 e. The van der Waals surface area contributed by atoms with Crippen LogP contribution in [-0.2, 0) is 6.54 Å². The van der Waals surface area contributed by atoms with E-state index in [-0.39, 0.29) is 0 Å². The van der Waals surface area contributed by atoms with E-state index in [0.717, 1.165) is 6.54 Å². The molecule has 2 N–H and O–H groups in total. The van der Waals surface area contributed by atoms with Gasteiger partial charge < -0.3 is 5.43 Å². The first-order valence-electron chi connectivity index (χ1n) is 4.39. The van der Waals surface area contributed by atoms with Gasteiger partial charge >= 0.3 is 0 Å². The lowest BCUT2D eigenvalue weighted by Crippen LogP contribution is -2.11. The van der Waals surface area contributed by atoms with Crippen LogP contribution < -0.4 is 10.9 Å². The van der Waals surface area contributed by atoms with Gasteiger partial charge in [0.05, 0.1) is 5.69 Å². The van der Waals surface area contributed by atoms with Gasteiger partial charge in [-0.15, -0.1) is 0 Å². The minimum Gasteiger partial charge on any atom is -0.321 e. The highest BCUT2D eigenvalue weighted by Gasteiger charge is 2.14. The summed E-state index contributed by atoms with van der Waals surface area (Å²) in [5, 5.41) is 0. The van der Waals surface area contributed by atoms with Crippen LogP contribution in [0.25, 0.3) is 0 Å². The van der Waals surface area contributed by atoms with Crippen LogP contribution >= 0.6 is 0 Å². The van der Waals surface area contributed by atoms with Crippen molar-refractivity contribution in [3.63, 3.8) is 0 Å². The van der Waals surface area contributed by atoms with E-state index in [2.05, 4.69) is 42.9 Å². The molecule has 1 heterocycles. The van der Waals surface area contributed by atoms with Gasteiger partial charge in [0.15, 0.2) is 0 Å². The van der Waals surface area contributed by atoms with E-state index in [1.54, 1.807) is 0 Å². The highest BCUT2D eigenvalue weighted by Crippen LogP contribution is 2.28. The third-order valence-corrected chi connectivity index (χ3v) is 2.32. The van der Waals surface area contributed by atoms with Gasteiger partial charge in [-0.05, 0) is 23.1 Å². The third-order valence-electron chi connectivity index (χ3n) is 2.32. The predicted octanol–water partition coefficient (Wildman–Crippen LogP) is 2.24. The molecule has 0 atom stereocenters. The highest BCUT2D eigenvalue weighted by atomic mass is 15.4. The van der Waals surface area contributed by atoms with Crippen LogP contribution in [0.5, 0.6) is 0 Å². The number of nitrogens with one attached hydrogen (secondary N) is 2. The predicted molar refractivity (Wildman–Crippen MR) is 51.0 cm³/mol. The van der Waals surface area contributed by atoms with Crippen molar-refractivity contribution in [3.05, 3.63) is 29.3 Å². The van der Waals surface area contributed by atoms with E-state index < -0.39 is 0 Å². The second-order valence-electron chi connectivity index (χ2n) is 3.51. The quantitative estimate of drug-likeness (QED) is 0.661. The smallest absolute Gasteiger partial charge is 0.0536 e. The van der Waals surface area contributed by atoms with Crippen LogP contribution in [0, 0.1) is 0 Å². The molecule has 64 valence electrons. The molecule has 0 spiro atoms. The lowest BCUT2D eigenvalue weighted by atomic mass is 9.97. The summed E-state index contributed by atoms with van der Waals surface area (Å²) in [7, 11) is 0. The average Bonchev–Trinajstić information content (AvgIpc) is 2.49. The lowest BCUT2D eigenvalue weighted by molar-refractivity contribution is 0.812. The maximum Gasteiger partial charge on any atom is 0.0536 e. The van der Waals surface area contributed by atoms with Crippen molar-refractivity contribution in [3.8, 4) is 0 Å². The van der Waals surface area contributed by atoms with Gasteiger partial charge in [-0.1, -0.05) is 26.0 Å². The van der Waals surface area contributed by atoms with Crippen molar-refractivity contribution >= 4 is 5.69 Å². The second-order valence-corrected chi connectivity index (χ2v) is 3.51. The highest BCUT2D eigenvalue weighted by molar-refractivity contribution is 5.57. The molecule has 0 bridgehead atoms. The van der Waals surface area contributed by atoms with E-state index in [0.29, 0.717) is 5.92 Å². The molecular weight excluding hydrogens is 148 g/mol. The summed E-state index contributed by atoms with van der Waals surface area (Å²) in [5.74, 6) is 0.613. The van der Waals surface area contributed by atoms with Crippen molar-refractivity contribution in [1.29, 1.82) is 0 Å². The SMILES string of the molecule is CC(C)c1cccc2c1CNN2. The molecule has 1 aliphatic heterocycles. The first-order chi connectivity index (χ1) is 5.79. The molecule has 0 radical (unpaired) electrons. The second kappa shape index (κ2) is 2.79. The molecule has 0 saturated carbocycles. The van der Waals surface area contributed by atoms with E-state index in [1.165, 1.54) is 16.8 Å². The first-order valence-corrected chi connectivity index (χ1v) is 4.39. The van der Waals surface area contributed by atoms with Gasteiger partial charge in [-0.25, -0.2) is 5.43 Å². The first kappa shape index (κ1) is 7.62. The fourth-order valence-electron chi connectivity index (χ4n) is 1.69. The maximum absolute atomic E-state index is 3.15. The Kier molecular flexibility index (Phi) is 1.77. The monoisotopic (exact) mass is 162 g/mol. The topological polar surface area (TPSA) is 24.1 Å². The van der Waals surface area contributed by atoms with Crippen LogP contribution in [0.2, 0.25) is 0 Å². The Morgan fingerprint density at radius 3 is 2.92 bits per heavy atom. The number of anilines is 1. The van der Waals surface area contributed by atoms with E-state index in [4.69, 9.17) is 0 Å². The molecule has 1 aromatic rings. The van der Waals surface area contributed by atoms with Crippen molar-refractivity contribution in [2.24, 2.45) is 0 Å². The third kappa shape index (κ3) is 1.08. The Labute approximate surface area is 73.0 Å². The standard InChI is InChI=1S/C10H14N2/c1-7(2)8-4-3-5-10-9(8)6-11-12-10/h3-5,7,11-12H,6H2,1-2H3. The number of fused-ring (bicyclic) bond motifs is 1. The molecule has 0 aromatic heterocycles. The van der Waals surface area contributed by atoms with Gasteiger partial charge in [0.2, 0.25) is 0 Å². The summed E-state index contributed by atoms with van der Waals surface area (Å²) in [6.45, 7) is 5.41. The van der Waals surface area contributed by atoms with Crippen molar-refractivity contribution in [2.75, 3.05) is 5.43 Å². The molecule has 2 nitrogen and oxygen atoms in total. The molecule has 0 fully saturated rings. The van der Waals surface area contributed by atoms with Crippen LogP contribution in [0.1, 0.15) is 30.9 Å². The van der Waals surface area contributed by atoms with Gasteiger partial charge in [-0.3, -0.25) is 0 Å². The van der Waals surface area contributed by atoms with Gasteiger partial charge in [0.1, 0.15) is 0 Å². The molecule has 0 saturated heterocycles. The number of hydrogen-bond acceptors (Lipinski definition) is 2. The number of hydrazine groups is 1. The van der Waals surface area contributed by atoms with E-state index >= 15 is 0 Å². The zero-order valence-electron chi connectivity index (χ0n) is 7.52. The Hall–Kier alpha value is -1.02.